The third kappa shape index (κ3) is 1.88. The van der Waals surface area contributed by atoms with Gasteiger partial charge in [0.1, 0.15) is 0 Å². The lowest BCUT2D eigenvalue weighted by Gasteiger charge is -2.09. The minimum absolute atomic E-state index is 1.03. The molecule has 0 unspecified atom stereocenters. The predicted molar refractivity (Wildman–Crippen MR) is 98.4 cm³/mol. The van der Waals surface area contributed by atoms with Gasteiger partial charge < -0.3 is 4.57 Å². The largest absolute Gasteiger partial charge is 0.309 e. The number of benzene rings is 3. The SMILES string of the molecule is c1cc(-c2ccn[nH]2)cc(-n2c3ccccc3c3ccccc32)c1. The van der Waals surface area contributed by atoms with Crippen LogP contribution in [0, 0.1) is 0 Å². The molecule has 1 N–H and O–H groups in total. The Morgan fingerprint density at radius 3 is 2.08 bits per heavy atom. The van der Waals surface area contributed by atoms with Crippen molar-refractivity contribution < 1.29 is 0 Å². The van der Waals surface area contributed by atoms with E-state index in [2.05, 4.69) is 87.6 Å². The van der Waals surface area contributed by atoms with Gasteiger partial charge in [0.25, 0.3) is 0 Å². The summed E-state index contributed by atoms with van der Waals surface area (Å²) in [6.07, 6.45) is 1.78. The highest BCUT2D eigenvalue weighted by molar-refractivity contribution is 6.09. The second kappa shape index (κ2) is 5.10. The molecule has 0 spiro atoms. The van der Waals surface area contributed by atoms with E-state index >= 15 is 0 Å². The van der Waals surface area contributed by atoms with E-state index in [9.17, 15) is 0 Å². The highest BCUT2D eigenvalue weighted by Gasteiger charge is 2.11. The van der Waals surface area contributed by atoms with Crippen LogP contribution < -0.4 is 0 Å². The summed E-state index contributed by atoms with van der Waals surface area (Å²) in [6.45, 7) is 0. The number of nitrogens with zero attached hydrogens (tertiary/aromatic N) is 2. The first-order valence-corrected chi connectivity index (χ1v) is 8.00. The third-order valence-corrected chi connectivity index (χ3v) is 4.50. The van der Waals surface area contributed by atoms with Crippen LogP contribution in [-0.4, -0.2) is 14.8 Å². The van der Waals surface area contributed by atoms with Crippen LogP contribution in [0.1, 0.15) is 0 Å². The summed E-state index contributed by atoms with van der Waals surface area (Å²) in [6, 6.07) is 27.7. The van der Waals surface area contributed by atoms with Crippen molar-refractivity contribution in [2.75, 3.05) is 0 Å². The lowest BCUT2D eigenvalue weighted by atomic mass is 10.1. The van der Waals surface area contributed by atoms with Gasteiger partial charge in [0.2, 0.25) is 0 Å². The van der Waals surface area contributed by atoms with Crippen molar-refractivity contribution in [1.29, 1.82) is 0 Å². The molecule has 2 heterocycles. The minimum Gasteiger partial charge on any atom is -0.309 e. The average molecular weight is 309 g/mol. The Hall–Kier alpha value is -3.33. The molecule has 3 aromatic carbocycles. The molecular weight excluding hydrogens is 294 g/mol. The van der Waals surface area contributed by atoms with Gasteiger partial charge in [-0.15, -0.1) is 0 Å². The van der Waals surface area contributed by atoms with Crippen molar-refractivity contribution in [3.05, 3.63) is 85.1 Å². The number of fused-ring (bicyclic) bond motifs is 3. The van der Waals surface area contributed by atoms with E-state index in [1.807, 2.05) is 6.07 Å². The highest BCUT2D eigenvalue weighted by Crippen LogP contribution is 2.32. The lowest BCUT2D eigenvalue weighted by molar-refractivity contribution is 1.09. The van der Waals surface area contributed by atoms with E-state index in [1.165, 1.54) is 21.8 Å². The lowest BCUT2D eigenvalue weighted by Crippen LogP contribution is -1.94. The summed E-state index contributed by atoms with van der Waals surface area (Å²) in [7, 11) is 0. The predicted octanol–water partition coefficient (Wildman–Crippen LogP) is 5.17. The zero-order valence-corrected chi connectivity index (χ0v) is 13.0. The van der Waals surface area contributed by atoms with Crippen LogP contribution in [0.25, 0.3) is 38.8 Å². The van der Waals surface area contributed by atoms with E-state index in [1.54, 1.807) is 6.20 Å². The molecule has 0 bridgehead atoms. The van der Waals surface area contributed by atoms with Gasteiger partial charge in [-0.05, 0) is 30.3 Å². The molecule has 0 amide bonds. The van der Waals surface area contributed by atoms with Crippen molar-refractivity contribution in [1.82, 2.24) is 14.8 Å². The Bertz CT molecular complexity index is 1100. The molecule has 2 aromatic heterocycles. The minimum atomic E-state index is 1.03. The number of hydrogen-bond donors (Lipinski definition) is 1. The molecule has 5 aromatic rings. The van der Waals surface area contributed by atoms with Crippen molar-refractivity contribution in [3.63, 3.8) is 0 Å². The van der Waals surface area contributed by atoms with E-state index in [0.717, 1.165) is 16.9 Å². The normalized spacial score (nSPS) is 11.3. The number of para-hydroxylation sites is 2. The average Bonchev–Trinajstić information content (AvgIpc) is 3.28. The molecule has 3 heteroatoms. The van der Waals surface area contributed by atoms with Gasteiger partial charge in [0.05, 0.1) is 16.7 Å². The fraction of sp³-hybridized carbons (Fsp3) is 0. The smallest absolute Gasteiger partial charge is 0.0650 e. The van der Waals surface area contributed by atoms with Crippen LogP contribution in [0.5, 0.6) is 0 Å². The summed E-state index contributed by atoms with van der Waals surface area (Å²) in [4.78, 5) is 0. The second-order valence-corrected chi connectivity index (χ2v) is 5.89. The first kappa shape index (κ1) is 13.1. The molecule has 0 saturated carbocycles. The van der Waals surface area contributed by atoms with Crippen molar-refractivity contribution >= 4 is 21.8 Å². The maximum atomic E-state index is 4.06. The highest BCUT2D eigenvalue weighted by atomic mass is 15.1. The number of rotatable bonds is 2. The molecule has 0 aliphatic rings. The number of H-pyrrole nitrogens is 1. The monoisotopic (exact) mass is 309 g/mol. The van der Waals surface area contributed by atoms with Crippen molar-refractivity contribution in [2.45, 2.75) is 0 Å². The van der Waals surface area contributed by atoms with Gasteiger partial charge in [-0.25, -0.2) is 0 Å². The molecule has 3 nitrogen and oxygen atoms in total. The van der Waals surface area contributed by atoms with Crippen molar-refractivity contribution in [2.24, 2.45) is 0 Å². The number of aromatic nitrogens is 3. The summed E-state index contributed by atoms with van der Waals surface area (Å²) in [5.74, 6) is 0. The molecule has 0 fully saturated rings. The molecule has 0 atom stereocenters. The van der Waals surface area contributed by atoms with E-state index in [0.29, 0.717) is 0 Å². The molecule has 5 rings (SSSR count). The number of nitrogens with one attached hydrogen (secondary N) is 1. The van der Waals surface area contributed by atoms with Crippen LogP contribution in [0.4, 0.5) is 0 Å². The van der Waals surface area contributed by atoms with Gasteiger partial charge in [0, 0.05) is 28.2 Å². The molecule has 0 radical (unpaired) electrons. The molecule has 24 heavy (non-hydrogen) atoms. The van der Waals surface area contributed by atoms with Crippen molar-refractivity contribution in [3.8, 4) is 16.9 Å². The molecule has 0 aliphatic heterocycles. The number of aromatic amines is 1. The Labute approximate surface area is 139 Å². The second-order valence-electron chi connectivity index (χ2n) is 5.89. The molecule has 0 aliphatic carbocycles. The topological polar surface area (TPSA) is 33.6 Å². The molecular formula is C21H15N3. The summed E-state index contributed by atoms with van der Waals surface area (Å²) >= 11 is 0. The van der Waals surface area contributed by atoms with Gasteiger partial charge in [-0.3, -0.25) is 5.10 Å². The number of hydrogen-bond acceptors (Lipinski definition) is 1. The first-order chi connectivity index (χ1) is 11.9. The third-order valence-electron chi connectivity index (χ3n) is 4.50. The zero-order valence-electron chi connectivity index (χ0n) is 13.0. The zero-order chi connectivity index (χ0) is 15.9. The van der Waals surface area contributed by atoms with Gasteiger partial charge in [0.15, 0.2) is 0 Å². The Balaban J connectivity index is 1.84. The quantitative estimate of drug-likeness (QED) is 0.479. The maximum absolute atomic E-state index is 4.06. The summed E-state index contributed by atoms with van der Waals surface area (Å²) in [5.41, 5.74) is 5.75. The van der Waals surface area contributed by atoms with Gasteiger partial charge in [-0.2, -0.15) is 5.10 Å². The van der Waals surface area contributed by atoms with Crippen LogP contribution in [0.2, 0.25) is 0 Å². The van der Waals surface area contributed by atoms with E-state index in [-0.39, 0.29) is 0 Å². The summed E-state index contributed by atoms with van der Waals surface area (Å²) in [5, 5.41) is 9.66. The first-order valence-electron chi connectivity index (χ1n) is 8.00. The fourth-order valence-corrected chi connectivity index (χ4v) is 3.43. The van der Waals surface area contributed by atoms with E-state index < -0.39 is 0 Å². The Kier molecular flexibility index (Phi) is 2.79. The Morgan fingerprint density at radius 2 is 1.42 bits per heavy atom. The standard InChI is InChI=1S/C21H15N3/c1-3-10-20-17(8-1)18-9-2-4-11-21(18)24(20)16-7-5-6-15(14-16)19-12-13-22-23-19/h1-14H,(H,22,23). The fourth-order valence-electron chi connectivity index (χ4n) is 3.43. The van der Waals surface area contributed by atoms with Gasteiger partial charge >= 0.3 is 0 Å². The van der Waals surface area contributed by atoms with Crippen LogP contribution in [0.15, 0.2) is 85.1 Å². The Morgan fingerprint density at radius 1 is 0.708 bits per heavy atom. The van der Waals surface area contributed by atoms with Crippen LogP contribution in [-0.2, 0) is 0 Å². The van der Waals surface area contributed by atoms with Crippen LogP contribution in [0.3, 0.4) is 0 Å². The van der Waals surface area contributed by atoms with Gasteiger partial charge in [-0.1, -0.05) is 48.5 Å². The van der Waals surface area contributed by atoms with E-state index in [4.69, 9.17) is 0 Å². The van der Waals surface area contributed by atoms with Crippen LogP contribution >= 0.6 is 0 Å². The molecule has 114 valence electrons. The molecule has 0 saturated heterocycles. The maximum Gasteiger partial charge on any atom is 0.0650 e. The summed E-state index contributed by atoms with van der Waals surface area (Å²) < 4.78 is 2.32.